The van der Waals surface area contributed by atoms with Gasteiger partial charge in [-0.1, -0.05) is 24.6 Å². The quantitative estimate of drug-likeness (QED) is 0.419. The monoisotopic (exact) mass is 612 g/mol. The Bertz CT molecular complexity index is 1340. The van der Waals surface area contributed by atoms with E-state index >= 15 is 0 Å². The van der Waals surface area contributed by atoms with Gasteiger partial charge in [0, 0.05) is 39.0 Å². The fourth-order valence-corrected chi connectivity index (χ4v) is 7.34. The largest absolute Gasteiger partial charge is 0.381 e. The number of benzene rings is 1. The first-order valence-corrected chi connectivity index (χ1v) is 15.7. The SMILES string of the molecule is CCc1c(N2CCOCC2=O)cccc1S(=O)(=O)N[C@@H](CNC(=O)c1ccc(Cl)s1)C(=O)N1CCC(OC)CC1. The second kappa shape index (κ2) is 13.4. The van der Waals surface area contributed by atoms with Gasteiger partial charge in [-0.15, -0.1) is 11.3 Å². The predicted octanol–water partition coefficient (Wildman–Crippen LogP) is 2.04. The number of hydrogen-bond acceptors (Lipinski definition) is 8. The van der Waals surface area contributed by atoms with Crippen molar-refractivity contribution in [1.82, 2.24) is 14.9 Å². The molecule has 3 heterocycles. The van der Waals surface area contributed by atoms with E-state index in [2.05, 4.69) is 10.0 Å². The van der Waals surface area contributed by atoms with Crippen molar-refractivity contribution in [1.29, 1.82) is 0 Å². The van der Waals surface area contributed by atoms with Crippen molar-refractivity contribution in [2.45, 2.75) is 43.2 Å². The first-order valence-electron chi connectivity index (χ1n) is 13.0. The van der Waals surface area contributed by atoms with Crippen molar-refractivity contribution in [3.8, 4) is 0 Å². The molecule has 4 rings (SSSR count). The van der Waals surface area contributed by atoms with E-state index in [1.165, 1.54) is 11.0 Å². The minimum absolute atomic E-state index is 0.0280. The summed E-state index contributed by atoms with van der Waals surface area (Å²) in [5, 5.41) is 2.67. The number of carbonyl (C=O) groups is 3. The number of likely N-dealkylation sites (tertiary alicyclic amines) is 1. The van der Waals surface area contributed by atoms with Crippen LogP contribution in [0.25, 0.3) is 0 Å². The molecule has 11 nitrogen and oxygen atoms in total. The fraction of sp³-hybridized carbons (Fsp3) is 0.500. The van der Waals surface area contributed by atoms with Gasteiger partial charge >= 0.3 is 0 Å². The highest BCUT2D eigenvalue weighted by atomic mass is 35.5. The number of rotatable bonds is 10. The highest BCUT2D eigenvalue weighted by Gasteiger charge is 2.34. The molecule has 2 aliphatic heterocycles. The van der Waals surface area contributed by atoms with E-state index in [4.69, 9.17) is 21.1 Å². The lowest BCUT2D eigenvalue weighted by Crippen LogP contribution is -2.55. The Hall–Kier alpha value is -2.55. The van der Waals surface area contributed by atoms with E-state index in [-0.39, 0.29) is 30.1 Å². The van der Waals surface area contributed by atoms with Crippen LogP contribution in [-0.2, 0) is 35.5 Å². The van der Waals surface area contributed by atoms with E-state index in [0.717, 1.165) is 11.3 Å². The fourth-order valence-electron chi connectivity index (χ4n) is 4.87. The van der Waals surface area contributed by atoms with E-state index in [9.17, 15) is 22.8 Å². The van der Waals surface area contributed by atoms with Crippen LogP contribution in [0.15, 0.2) is 35.2 Å². The molecule has 0 radical (unpaired) electrons. The first kappa shape index (κ1) is 30.4. The molecule has 218 valence electrons. The van der Waals surface area contributed by atoms with Crippen LogP contribution in [0.2, 0.25) is 4.34 Å². The average Bonchev–Trinajstić information content (AvgIpc) is 3.40. The van der Waals surface area contributed by atoms with Gasteiger partial charge in [0.15, 0.2) is 0 Å². The number of nitrogens with zero attached hydrogens (tertiary/aromatic N) is 2. The normalized spacial score (nSPS) is 17.6. The van der Waals surface area contributed by atoms with Gasteiger partial charge < -0.3 is 24.6 Å². The second-order valence-electron chi connectivity index (χ2n) is 9.45. The maximum atomic E-state index is 13.8. The van der Waals surface area contributed by atoms with E-state index in [0.29, 0.717) is 66.0 Å². The molecule has 1 atom stereocenters. The van der Waals surface area contributed by atoms with Crippen molar-refractivity contribution in [2.24, 2.45) is 0 Å². The summed E-state index contributed by atoms with van der Waals surface area (Å²) in [6, 6.07) is 6.61. The van der Waals surface area contributed by atoms with Crippen molar-refractivity contribution in [3.05, 3.63) is 45.1 Å². The van der Waals surface area contributed by atoms with Crippen LogP contribution < -0.4 is 14.9 Å². The highest BCUT2D eigenvalue weighted by molar-refractivity contribution is 7.89. The molecule has 3 amide bonds. The zero-order valence-electron chi connectivity index (χ0n) is 22.4. The summed E-state index contributed by atoms with van der Waals surface area (Å²) in [4.78, 5) is 42.2. The van der Waals surface area contributed by atoms with Gasteiger partial charge in [0.05, 0.1) is 26.8 Å². The molecule has 0 aliphatic carbocycles. The molecule has 2 aromatic rings. The van der Waals surface area contributed by atoms with Crippen molar-refractivity contribution in [2.75, 3.05) is 51.4 Å². The van der Waals surface area contributed by atoms with Gasteiger partial charge in [-0.05, 0) is 49.1 Å². The van der Waals surface area contributed by atoms with Gasteiger partial charge in [0.2, 0.25) is 15.9 Å². The Kier molecular flexibility index (Phi) is 10.2. The number of amides is 3. The van der Waals surface area contributed by atoms with E-state index < -0.39 is 27.9 Å². The lowest BCUT2D eigenvalue weighted by atomic mass is 10.1. The number of methoxy groups -OCH3 is 1. The Morgan fingerprint density at radius 2 is 1.95 bits per heavy atom. The van der Waals surface area contributed by atoms with Gasteiger partial charge in [0.1, 0.15) is 12.6 Å². The van der Waals surface area contributed by atoms with E-state index in [1.54, 1.807) is 43.2 Å². The number of anilines is 1. The van der Waals surface area contributed by atoms with Crippen LogP contribution >= 0.6 is 22.9 Å². The number of thiophene rings is 1. The Morgan fingerprint density at radius 1 is 1.20 bits per heavy atom. The van der Waals surface area contributed by atoms with Crippen LogP contribution in [0.5, 0.6) is 0 Å². The van der Waals surface area contributed by atoms with Crippen LogP contribution in [0.1, 0.15) is 35.0 Å². The lowest BCUT2D eigenvalue weighted by molar-refractivity contribution is -0.135. The highest BCUT2D eigenvalue weighted by Crippen LogP contribution is 2.29. The maximum Gasteiger partial charge on any atom is 0.261 e. The molecule has 0 unspecified atom stereocenters. The Labute approximate surface area is 242 Å². The number of carbonyl (C=O) groups excluding carboxylic acids is 3. The van der Waals surface area contributed by atoms with Crippen LogP contribution in [0, 0.1) is 0 Å². The molecule has 1 aromatic carbocycles. The third-order valence-electron chi connectivity index (χ3n) is 6.97. The summed E-state index contributed by atoms with van der Waals surface area (Å²) in [5.74, 6) is -1.17. The number of halogens is 1. The van der Waals surface area contributed by atoms with Gasteiger partial charge in [0.25, 0.3) is 11.8 Å². The first-order chi connectivity index (χ1) is 19.1. The van der Waals surface area contributed by atoms with Gasteiger partial charge in [-0.25, -0.2) is 8.42 Å². The summed E-state index contributed by atoms with van der Waals surface area (Å²) in [5.41, 5.74) is 0.945. The second-order valence-corrected chi connectivity index (χ2v) is 12.9. The van der Waals surface area contributed by atoms with Crippen molar-refractivity contribution in [3.63, 3.8) is 0 Å². The molecule has 2 fully saturated rings. The smallest absolute Gasteiger partial charge is 0.261 e. The van der Waals surface area contributed by atoms with Gasteiger partial charge in [-0.2, -0.15) is 4.72 Å². The molecule has 0 spiro atoms. The molecule has 2 saturated heterocycles. The summed E-state index contributed by atoms with van der Waals surface area (Å²) in [7, 11) is -2.63. The summed E-state index contributed by atoms with van der Waals surface area (Å²) in [6.45, 7) is 2.91. The number of ether oxygens (including phenoxy) is 2. The molecular formula is C26H33ClN4O7S2. The molecule has 14 heteroatoms. The molecule has 2 N–H and O–H groups in total. The zero-order valence-corrected chi connectivity index (χ0v) is 24.7. The predicted molar refractivity (Wildman–Crippen MR) is 151 cm³/mol. The van der Waals surface area contributed by atoms with Crippen LogP contribution in [-0.4, -0.2) is 89.7 Å². The Morgan fingerprint density at radius 3 is 2.58 bits per heavy atom. The zero-order chi connectivity index (χ0) is 28.9. The third-order valence-corrected chi connectivity index (χ3v) is 9.76. The lowest BCUT2D eigenvalue weighted by Gasteiger charge is -2.34. The summed E-state index contributed by atoms with van der Waals surface area (Å²) < 4.78 is 41.2. The van der Waals surface area contributed by atoms with Crippen molar-refractivity contribution >= 4 is 56.4 Å². The number of nitrogens with one attached hydrogen (secondary N) is 2. The van der Waals surface area contributed by atoms with Gasteiger partial charge in [-0.3, -0.25) is 14.4 Å². The molecule has 2 aliphatic rings. The molecular weight excluding hydrogens is 580 g/mol. The maximum absolute atomic E-state index is 13.8. The van der Waals surface area contributed by atoms with Crippen LogP contribution in [0.3, 0.4) is 0 Å². The molecule has 40 heavy (non-hydrogen) atoms. The standard InChI is InChI=1S/C26H33ClN4O7S2/c1-3-18-20(31-13-14-38-16-24(31)32)5-4-6-22(18)40(35,36)29-19(15-28-25(33)21-7-8-23(27)39-21)26(34)30-11-9-17(37-2)10-12-30/h4-8,17,19,29H,3,9-16H2,1-2H3,(H,28,33)/t19-/m0/s1. The van der Waals surface area contributed by atoms with Crippen molar-refractivity contribution < 1.29 is 32.3 Å². The minimum atomic E-state index is -4.25. The summed E-state index contributed by atoms with van der Waals surface area (Å²) >= 11 is 7.03. The third kappa shape index (κ3) is 7.01. The number of hydrogen-bond donors (Lipinski definition) is 2. The molecule has 0 saturated carbocycles. The molecule has 1 aromatic heterocycles. The number of morpholine rings is 1. The minimum Gasteiger partial charge on any atom is -0.381 e. The van der Waals surface area contributed by atoms with Crippen LogP contribution in [0.4, 0.5) is 5.69 Å². The topological polar surface area (TPSA) is 134 Å². The summed E-state index contributed by atoms with van der Waals surface area (Å²) in [6.07, 6.45) is 1.60. The molecule has 0 bridgehead atoms. The van der Waals surface area contributed by atoms with E-state index in [1.807, 2.05) is 0 Å². The Balaban J connectivity index is 1.60. The number of piperidine rings is 1. The average molecular weight is 613 g/mol. The number of sulfonamides is 1.